The second-order valence-electron chi connectivity index (χ2n) is 3.70. The minimum Gasteiger partial charge on any atom is -0.408 e. The van der Waals surface area contributed by atoms with E-state index in [-0.39, 0.29) is 0 Å². The Balaban J connectivity index is 2.67. The number of benzene rings is 1. The Kier molecular flexibility index (Phi) is 1.74. The van der Waals surface area contributed by atoms with Crippen molar-refractivity contribution in [3.05, 3.63) is 34.3 Å². The number of aromatic amines is 1. The van der Waals surface area contributed by atoms with Gasteiger partial charge in [0.25, 0.3) is 0 Å². The van der Waals surface area contributed by atoms with Crippen LogP contribution in [0.4, 0.5) is 4.39 Å². The van der Waals surface area contributed by atoms with E-state index in [1.165, 1.54) is 19.9 Å². The Morgan fingerprint density at radius 3 is 2.79 bits per heavy atom. The zero-order valence-electron chi connectivity index (χ0n) is 7.93. The largest absolute Gasteiger partial charge is 0.417 e. The molecule has 0 unspecified atom stereocenters. The average molecular weight is 195 g/mol. The molecule has 0 amide bonds. The molecule has 0 aliphatic carbocycles. The molecule has 0 saturated heterocycles. The lowest BCUT2D eigenvalue weighted by molar-refractivity contribution is 0.221. The molecule has 0 aliphatic rings. The minimum atomic E-state index is -1.43. The highest BCUT2D eigenvalue weighted by atomic mass is 19.1. The number of hydrogen-bond donors (Lipinski definition) is 1. The third kappa shape index (κ3) is 1.43. The summed E-state index contributed by atoms with van der Waals surface area (Å²) >= 11 is 0. The van der Waals surface area contributed by atoms with Crippen LogP contribution in [-0.4, -0.2) is 4.98 Å². The number of halogens is 1. The van der Waals surface area contributed by atoms with Crippen molar-refractivity contribution in [3.8, 4) is 0 Å². The molecule has 0 bridgehead atoms. The van der Waals surface area contributed by atoms with Gasteiger partial charge in [-0.25, -0.2) is 9.18 Å². The first-order chi connectivity index (χ1) is 6.47. The number of aromatic nitrogens is 1. The zero-order chi connectivity index (χ0) is 10.3. The highest BCUT2D eigenvalue weighted by Gasteiger charge is 2.19. The van der Waals surface area contributed by atoms with E-state index in [0.717, 1.165) is 0 Å². The van der Waals surface area contributed by atoms with Gasteiger partial charge in [0.15, 0.2) is 5.58 Å². The summed E-state index contributed by atoms with van der Waals surface area (Å²) in [6.45, 7) is 2.91. The van der Waals surface area contributed by atoms with E-state index in [0.29, 0.717) is 16.7 Å². The van der Waals surface area contributed by atoms with E-state index in [9.17, 15) is 9.18 Å². The summed E-state index contributed by atoms with van der Waals surface area (Å²) in [6, 6.07) is 4.80. The van der Waals surface area contributed by atoms with Gasteiger partial charge in [-0.2, -0.15) is 0 Å². The van der Waals surface area contributed by atoms with Gasteiger partial charge in [-0.05, 0) is 31.5 Å². The molecule has 2 aromatic rings. The topological polar surface area (TPSA) is 46.0 Å². The molecule has 4 heteroatoms. The molecule has 0 atom stereocenters. The summed E-state index contributed by atoms with van der Waals surface area (Å²) in [5.41, 5.74) is 0.0401. The number of H-pyrrole nitrogens is 1. The fraction of sp³-hybridized carbons (Fsp3) is 0.300. The molecule has 1 aromatic carbocycles. The average Bonchev–Trinajstić information content (AvgIpc) is 2.41. The molecule has 0 radical (unpaired) electrons. The maximum Gasteiger partial charge on any atom is 0.417 e. The van der Waals surface area contributed by atoms with Gasteiger partial charge in [-0.15, -0.1) is 0 Å². The first-order valence-electron chi connectivity index (χ1n) is 4.29. The van der Waals surface area contributed by atoms with Gasteiger partial charge >= 0.3 is 5.76 Å². The van der Waals surface area contributed by atoms with Crippen molar-refractivity contribution in [2.45, 2.75) is 19.5 Å². The van der Waals surface area contributed by atoms with E-state index in [1.54, 1.807) is 12.1 Å². The first kappa shape index (κ1) is 8.99. The predicted octanol–water partition coefficient (Wildman–Crippen LogP) is 2.33. The molecule has 0 saturated carbocycles. The number of oxazole rings is 1. The normalized spacial score (nSPS) is 12.2. The third-order valence-electron chi connectivity index (χ3n) is 2.11. The second-order valence-corrected chi connectivity index (χ2v) is 3.70. The smallest absolute Gasteiger partial charge is 0.408 e. The first-order valence-corrected chi connectivity index (χ1v) is 4.29. The van der Waals surface area contributed by atoms with Crippen LogP contribution in [0.5, 0.6) is 0 Å². The van der Waals surface area contributed by atoms with Gasteiger partial charge in [0, 0.05) is 0 Å². The van der Waals surface area contributed by atoms with Crippen molar-refractivity contribution < 1.29 is 8.81 Å². The summed E-state index contributed by atoms with van der Waals surface area (Å²) in [7, 11) is 0. The van der Waals surface area contributed by atoms with Gasteiger partial charge in [-0.1, -0.05) is 6.07 Å². The van der Waals surface area contributed by atoms with Gasteiger partial charge in [-0.3, -0.25) is 4.98 Å². The van der Waals surface area contributed by atoms with Crippen LogP contribution in [0, 0.1) is 0 Å². The Morgan fingerprint density at radius 1 is 1.43 bits per heavy atom. The van der Waals surface area contributed by atoms with Crippen LogP contribution in [0.2, 0.25) is 0 Å². The minimum absolute atomic E-state index is 0.387. The van der Waals surface area contributed by atoms with Crippen LogP contribution in [-0.2, 0) is 5.67 Å². The molecule has 0 spiro atoms. The fourth-order valence-electron chi connectivity index (χ4n) is 1.32. The van der Waals surface area contributed by atoms with Crippen LogP contribution < -0.4 is 5.76 Å². The molecule has 1 heterocycles. The Morgan fingerprint density at radius 2 is 2.14 bits per heavy atom. The Bertz CT molecular complexity index is 519. The third-order valence-corrected chi connectivity index (χ3v) is 2.11. The molecule has 0 fully saturated rings. The second kappa shape index (κ2) is 2.70. The summed E-state index contributed by atoms with van der Waals surface area (Å²) in [4.78, 5) is 13.3. The number of nitrogens with one attached hydrogen (secondary N) is 1. The summed E-state index contributed by atoms with van der Waals surface area (Å²) in [6.07, 6.45) is 0. The zero-order valence-corrected chi connectivity index (χ0v) is 7.93. The van der Waals surface area contributed by atoms with Gasteiger partial charge < -0.3 is 4.42 Å². The number of alkyl halides is 1. The van der Waals surface area contributed by atoms with Gasteiger partial charge in [0.05, 0.1) is 5.52 Å². The molecular formula is C10H10FNO2. The summed E-state index contributed by atoms with van der Waals surface area (Å²) in [5.74, 6) is -0.520. The number of hydrogen-bond acceptors (Lipinski definition) is 2. The maximum atomic E-state index is 13.5. The predicted molar refractivity (Wildman–Crippen MR) is 51.0 cm³/mol. The van der Waals surface area contributed by atoms with Crippen molar-refractivity contribution >= 4 is 11.1 Å². The van der Waals surface area contributed by atoms with E-state index >= 15 is 0 Å². The van der Waals surface area contributed by atoms with E-state index in [2.05, 4.69) is 4.98 Å². The lowest BCUT2D eigenvalue weighted by Gasteiger charge is -2.13. The monoisotopic (exact) mass is 195 g/mol. The highest BCUT2D eigenvalue weighted by Crippen LogP contribution is 2.26. The summed E-state index contributed by atoms with van der Waals surface area (Å²) < 4.78 is 18.4. The Hall–Kier alpha value is -1.58. The molecular weight excluding hydrogens is 185 g/mol. The number of rotatable bonds is 1. The van der Waals surface area contributed by atoms with Gasteiger partial charge in [0.1, 0.15) is 5.67 Å². The SMILES string of the molecule is CC(C)(F)c1ccc2[nH]c(=O)oc2c1. The van der Waals surface area contributed by atoms with Crippen molar-refractivity contribution in [2.24, 2.45) is 0 Å². The number of fused-ring (bicyclic) bond motifs is 1. The van der Waals surface area contributed by atoms with Gasteiger partial charge in [0.2, 0.25) is 0 Å². The van der Waals surface area contributed by atoms with Crippen molar-refractivity contribution in [1.82, 2.24) is 4.98 Å². The van der Waals surface area contributed by atoms with Crippen molar-refractivity contribution in [2.75, 3.05) is 0 Å². The molecule has 1 N–H and O–H groups in total. The molecule has 0 aliphatic heterocycles. The Labute approximate surface area is 79.5 Å². The van der Waals surface area contributed by atoms with Crippen LogP contribution in [0.15, 0.2) is 27.4 Å². The fourth-order valence-corrected chi connectivity index (χ4v) is 1.32. The highest BCUT2D eigenvalue weighted by molar-refractivity contribution is 5.73. The lowest BCUT2D eigenvalue weighted by atomic mass is 10.0. The van der Waals surface area contributed by atoms with Crippen LogP contribution in [0.1, 0.15) is 19.4 Å². The van der Waals surface area contributed by atoms with E-state index in [4.69, 9.17) is 4.42 Å². The quantitative estimate of drug-likeness (QED) is 0.759. The molecule has 3 nitrogen and oxygen atoms in total. The molecule has 14 heavy (non-hydrogen) atoms. The molecule has 74 valence electrons. The van der Waals surface area contributed by atoms with Crippen LogP contribution >= 0.6 is 0 Å². The molecule has 2 rings (SSSR count). The lowest BCUT2D eigenvalue weighted by Crippen LogP contribution is -2.08. The summed E-state index contributed by atoms with van der Waals surface area (Å²) in [5, 5.41) is 0. The standard InChI is InChI=1S/C10H10FNO2/c1-10(2,11)6-3-4-7-8(5-6)14-9(13)12-7/h3-5H,1-2H3,(H,12,13). The molecule has 1 aromatic heterocycles. The van der Waals surface area contributed by atoms with E-state index in [1.807, 2.05) is 0 Å². The van der Waals surface area contributed by atoms with Crippen LogP contribution in [0.25, 0.3) is 11.1 Å². The van der Waals surface area contributed by atoms with Crippen molar-refractivity contribution in [3.63, 3.8) is 0 Å². The van der Waals surface area contributed by atoms with E-state index < -0.39 is 11.4 Å². The van der Waals surface area contributed by atoms with Crippen LogP contribution in [0.3, 0.4) is 0 Å². The maximum absolute atomic E-state index is 13.5. The van der Waals surface area contributed by atoms with Crippen molar-refractivity contribution in [1.29, 1.82) is 0 Å².